The lowest BCUT2D eigenvalue weighted by Gasteiger charge is -2.41. The molecule has 0 amide bonds. The topological polar surface area (TPSA) is 65.1 Å². The second-order valence-corrected chi connectivity index (χ2v) is 7.69. The molecule has 132 valence electrons. The second kappa shape index (κ2) is 6.02. The Balaban J connectivity index is 1.72. The van der Waals surface area contributed by atoms with E-state index in [1.807, 2.05) is 31.1 Å². The molecule has 25 heavy (non-hydrogen) atoms. The molecule has 1 atom stereocenters. The van der Waals surface area contributed by atoms with Gasteiger partial charge in [0.2, 0.25) is 5.95 Å². The summed E-state index contributed by atoms with van der Waals surface area (Å²) in [5.74, 6) is 1.57. The van der Waals surface area contributed by atoms with E-state index in [0.717, 1.165) is 55.8 Å². The minimum atomic E-state index is -0.0616. The quantitative estimate of drug-likeness (QED) is 0.891. The number of rotatable bonds is 2. The summed E-state index contributed by atoms with van der Waals surface area (Å²) in [5, 5.41) is 0.644. The smallest absolute Gasteiger partial charge is 0.255 e. The molecule has 1 saturated heterocycles. The Morgan fingerprint density at radius 2 is 2.16 bits per heavy atom. The fourth-order valence-electron chi connectivity index (χ4n) is 4.13. The monoisotopic (exact) mass is 359 g/mol. The van der Waals surface area contributed by atoms with E-state index < -0.39 is 0 Å². The third-order valence-electron chi connectivity index (χ3n) is 5.40. The van der Waals surface area contributed by atoms with Crippen molar-refractivity contribution < 1.29 is 0 Å². The van der Waals surface area contributed by atoms with Crippen LogP contribution >= 0.6 is 11.6 Å². The van der Waals surface area contributed by atoms with Crippen LogP contribution in [0.15, 0.2) is 23.1 Å². The van der Waals surface area contributed by atoms with Gasteiger partial charge in [-0.15, -0.1) is 0 Å². The summed E-state index contributed by atoms with van der Waals surface area (Å²) in [6.07, 6.45) is 5.59. The van der Waals surface area contributed by atoms with Crippen molar-refractivity contribution in [3.63, 3.8) is 0 Å². The molecule has 4 rings (SSSR count). The maximum atomic E-state index is 12.5. The van der Waals surface area contributed by atoms with Crippen molar-refractivity contribution >= 4 is 23.4 Å². The van der Waals surface area contributed by atoms with Crippen LogP contribution in [0.2, 0.25) is 5.02 Å². The summed E-state index contributed by atoms with van der Waals surface area (Å²) in [4.78, 5) is 28.8. The summed E-state index contributed by atoms with van der Waals surface area (Å²) in [7, 11) is 3.80. The van der Waals surface area contributed by atoms with E-state index in [-0.39, 0.29) is 11.0 Å². The van der Waals surface area contributed by atoms with Crippen LogP contribution in [0.1, 0.15) is 30.5 Å². The van der Waals surface area contributed by atoms with Crippen LogP contribution in [0.4, 0.5) is 11.8 Å². The summed E-state index contributed by atoms with van der Waals surface area (Å²) in [6, 6.07) is 3.84. The summed E-state index contributed by atoms with van der Waals surface area (Å²) >= 11 is 5.97. The molecule has 2 aliphatic rings. The predicted molar refractivity (Wildman–Crippen MR) is 99.9 cm³/mol. The van der Waals surface area contributed by atoms with Gasteiger partial charge in [0.25, 0.3) is 5.56 Å². The highest BCUT2D eigenvalue weighted by Gasteiger charge is 2.45. The SMILES string of the molecule is CN(C)c1nc2c(c(=O)[nH]1)CCC21CCCN(c2ccc(Cl)cn2)C1. The number of piperidine rings is 1. The van der Waals surface area contributed by atoms with Crippen LogP contribution in [0.25, 0.3) is 0 Å². The maximum absolute atomic E-state index is 12.5. The fourth-order valence-corrected chi connectivity index (χ4v) is 4.24. The van der Waals surface area contributed by atoms with Crippen molar-refractivity contribution in [1.29, 1.82) is 0 Å². The van der Waals surface area contributed by atoms with Gasteiger partial charge in [0.15, 0.2) is 0 Å². The Labute approximate surface area is 151 Å². The molecule has 1 spiro atoms. The minimum absolute atomic E-state index is 0.00677. The molecule has 0 aromatic carbocycles. The second-order valence-electron chi connectivity index (χ2n) is 7.25. The van der Waals surface area contributed by atoms with E-state index in [2.05, 4.69) is 14.9 Å². The van der Waals surface area contributed by atoms with Crippen LogP contribution in [-0.2, 0) is 11.8 Å². The Bertz CT molecular complexity index is 848. The van der Waals surface area contributed by atoms with Crippen molar-refractivity contribution in [3.8, 4) is 0 Å². The van der Waals surface area contributed by atoms with Crippen LogP contribution in [0.3, 0.4) is 0 Å². The van der Waals surface area contributed by atoms with Crippen molar-refractivity contribution in [1.82, 2.24) is 15.0 Å². The highest BCUT2D eigenvalue weighted by Crippen LogP contribution is 2.44. The highest BCUT2D eigenvalue weighted by molar-refractivity contribution is 6.30. The first-order valence-electron chi connectivity index (χ1n) is 8.66. The Kier molecular flexibility index (Phi) is 3.95. The van der Waals surface area contributed by atoms with Crippen molar-refractivity contribution in [2.75, 3.05) is 37.0 Å². The zero-order valence-corrected chi connectivity index (χ0v) is 15.3. The number of aromatic nitrogens is 3. The van der Waals surface area contributed by atoms with Gasteiger partial charge in [-0.1, -0.05) is 11.6 Å². The molecule has 0 radical (unpaired) electrons. The third-order valence-corrected chi connectivity index (χ3v) is 5.62. The number of hydrogen-bond donors (Lipinski definition) is 1. The third kappa shape index (κ3) is 2.78. The number of H-pyrrole nitrogens is 1. The first-order valence-corrected chi connectivity index (χ1v) is 9.04. The van der Waals surface area contributed by atoms with E-state index in [1.165, 1.54) is 0 Å². The minimum Gasteiger partial charge on any atom is -0.356 e. The average molecular weight is 360 g/mol. The molecule has 1 unspecified atom stereocenters. The van der Waals surface area contributed by atoms with Gasteiger partial charge in [-0.25, -0.2) is 9.97 Å². The first kappa shape index (κ1) is 16.4. The number of fused-ring (bicyclic) bond motifs is 2. The molecule has 3 heterocycles. The molecular formula is C18H22ClN5O. The lowest BCUT2D eigenvalue weighted by molar-refractivity contribution is 0.333. The molecule has 1 fully saturated rings. The zero-order valence-electron chi connectivity index (χ0n) is 14.5. The maximum Gasteiger partial charge on any atom is 0.255 e. The Morgan fingerprint density at radius 3 is 2.88 bits per heavy atom. The molecule has 2 aromatic rings. The molecule has 0 bridgehead atoms. The average Bonchev–Trinajstić information content (AvgIpc) is 2.94. The van der Waals surface area contributed by atoms with Crippen LogP contribution in [-0.4, -0.2) is 42.1 Å². The number of nitrogens with zero attached hydrogens (tertiary/aromatic N) is 4. The molecule has 1 N–H and O–H groups in total. The van der Waals surface area contributed by atoms with E-state index in [9.17, 15) is 4.79 Å². The zero-order chi connectivity index (χ0) is 17.6. The normalized spacial score (nSPS) is 22.3. The van der Waals surface area contributed by atoms with E-state index >= 15 is 0 Å². The van der Waals surface area contributed by atoms with Crippen LogP contribution in [0.5, 0.6) is 0 Å². The van der Waals surface area contributed by atoms with Gasteiger partial charge < -0.3 is 9.80 Å². The van der Waals surface area contributed by atoms with E-state index in [4.69, 9.17) is 16.6 Å². The summed E-state index contributed by atoms with van der Waals surface area (Å²) in [5.41, 5.74) is 1.79. The fraction of sp³-hybridized carbons (Fsp3) is 0.500. The molecule has 1 aliphatic heterocycles. The number of anilines is 2. The number of hydrogen-bond acceptors (Lipinski definition) is 5. The summed E-state index contributed by atoms with van der Waals surface area (Å²) in [6.45, 7) is 1.81. The van der Waals surface area contributed by atoms with Gasteiger partial charge >= 0.3 is 0 Å². The summed E-state index contributed by atoms with van der Waals surface area (Å²) < 4.78 is 0. The molecule has 1 aliphatic carbocycles. The molecule has 6 nitrogen and oxygen atoms in total. The highest BCUT2D eigenvalue weighted by atomic mass is 35.5. The van der Waals surface area contributed by atoms with Gasteiger partial charge in [-0.05, 0) is 37.8 Å². The number of halogens is 1. The van der Waals surface area contributed by atoms with Crippen molar-refractivity contribution in [2.24, 2.45) is 0 Å². The standard InChI is InChI=1S/C18H22ClN5O/c1-23(2)17-21-15-13(16(25)22-17)6-8-18(15)7-3-9-24(11-18)14-5-4-12(19)10-20-14/h4-5,10H,3,6-9,11H2,1-2H3,(H,21,22,25). The number of pyridine rings is 1. The molecule has 2 aromatic heterocycles. The van der Waals surface area contributed by atoms with Gasteiger partial charge in [0.05, 0.1) is 10.7 Å². The lowest BCUT2D eigenvalue weighted by atomic mass is 9.77. The Hall–Kier alpha value is -2.08. The van der Waals surface area contributed by atoms with E-state index in [0.29, 0.717) is 11.0 Å². The lowest BCUT2D eigenvalue weighted by Crippen LogP contribution is -2.46. The molecule has 7 heteroatoms. The van der Waals surface area contributed by atoms with E-state index in [1.54, 1.807) is 6.20 Å². The van der Waals surface area contributed by atoms with Gasteiger partial charge in [-0.2, -0.15) is 0 Å². The predicted octanol–water partition coefficient (Wildman–Crippen LogP) is 2.37. The van der Waals surface area contributed by atoms with Gasteiger partial charge in [-0.3, -0.25) is 9.78 Å². The molecular weight excluding hydrogens is 338 g/mol. The van der Waals surface area contributed by atoms with Crippen LogP contribution < -0.4 is 15.4 Å². The van der Waals surface area contributed by atoms with Crippen molar-refractivity contribution in [3.05, 3.63) is 45.0 Å². The van der Waals surface area contributed by atoms with Gasteiger partial charge in [0, 0.05) is 44.4 Å². The van der Waals surface area contributed by atoms with Gasteiger partial charge in [0.1, 0.15) is 5.82 Å². The van der Waals surface area contributed by atoms with Crippen LogP contribution in [0, 0.1) is 0 Å². The Morgan fingerprint density at radius 1 is 1.32 bits per heavy atom. The number of nitrogens with one attached hydrogen (secondary N) is 1. The largest absolute Gasteiger partial charge is 0.356 e. The first-order chi connectivity index (χ1) is 12.0. The number of aromatic amines is 1. The van der Waals surface area contributed by atoms with Crippen molar-refractivity contribution in [2.45, 2.75) is 31.1 Å². The molecule has 0 saturated carbocycles.